The van der Waals surface area contributed by atoms with E-state index in [1.54, 1.807) is 29.2 Å². The van der Waals surface area contributed by atoms with Gasteiger partial charge in [0.15, 0.2) is 0 Å². The number of methoxy groups -OCH3 is 1. The second-order valence-electron chi connectivity index (χ2n) is 7.71. The summed E-state index contributed by atoms with van der Waals surface area (Å²) in [6.07, 6.45) is 0.169. The molecule has 3 aromatic rings. The van der Waals surface area contributed by atoms with Gasteiger partial charge in [0.05, 0.1) is 20.1 Å². The second kappa shape index (κ2) is 11.5. The lowest BCUT2D eigenvalue weighted by molar-refractivity contribution is -0.136. The van der Waals surface area contributed by atoms with Crippen LogP contribution in [0.5, 0.6) is 11.5 Å². The molecule has 0 aliphatic heterocycles. The summed E-state index contributed by atoms with van der Waals surface area (Å²) in [5.41, 5.74) is 2.56. The van der Waals surface area contributed by atoms with Crippen molar-refractivity contribution in [3.8, 4) is 11.5 Å². The van der Waals surface area contributed by atoms with Crippen molar-refractivity contribution in [2.45, 2.75) is 32.4 Å². The number of hydrogen-bond acceptors (Lipinski definition) is 4. The molecule has 0 heterocycles. The molecule has 0 radical (unpaired) electrons. The number of carbonyl (C=O) groups is 2. The number of amides is 1. The fourth-order valence-electron chi connectivity index (χ4n) is 3.56. The van der Waals surface area contributed by atoms with Crippen molar-refractivity contribution in [2.75, 3.05) is 7.11 Å². The van der Waals surface area contributed by atoms with E-state index in [0.29, 0.717) is 23.5 Å². The molecule has 0 saturated heterocycles. The SMILES string of the molecule is COC(=O)N(Cc1cc(Br)ccc1Oc1cccc(CC(=O)O)c1)[C@@H](C)Cc1ccccc1. The Morgan fingerprint density at radius 2 is 1.73 bits per heavy atom. The molecule has 0 aliphatic rings. The highest BCUT2D eigenvalue weighted by molar-refractivity contribution is 9.10. The van der Waals surface area contributed by atoms with Crippen LogP contribution < -0.4 is 4.74 Å². The minimum Gasteiger partial charge on any atom is -0.481 e. The van der Waals surface area contributed by atoms with Crippen LogP contribution in [0.1, 0.15) is 23.6 Å². The molecule has 3 aromatic carbocycles. The summed E-state index contributed by atoms with van der Waals surface area (Å²) in [5, 5.41) is 9.06. The first kappa shape index (κ1) is 24.3. The maximum atomic E-state index is 12.6. The van der Waals surface area contributed by atoms with Gasteiger partial charge >= 0.3 is 12.1 Å². The zero-order valence-corrected chi connectivity index (χ0v) is 20.1. The van der Waals surface area contributed by atoms with Gasteiger partial charge in [0.2, 0.25) is 0 Å². The van der Waals surface area contributed by atoms with E-state index in [9.17, 15) is 9.59 Å². The first-order chi connectivity index (χ1) is 15.9. The normalized spacial score (nSPS) is 11.5. The lowest BCUT2D eigenvalue weighted by atomic mass is 10.1. The van der Waals surface area contributed by atoms with Gasteiger partial charge in [0.25, 0.3) is 0 Å². The zero-order valence-electron chi connectivity index (χ0n) is 18.5. The Balaban J connectivity index is 1.85. The average Bonchev–Trinajstić information content (AvgIpc) is 2.79. The number of aliphatic carboxylic acids is 1. The van der Waals surface area contributed by atoms with Crippen molar-refractivity contribution < 1.29 is 24.2 Å². The summed E-state index contributed by atoms with van der Waals surface area (Å²) in [4.78, 5) is 25.4. The standard InChI is InChI=1S/C26H26BrNO5/c1-18(13-19-7-4-3-5-8-19)28(26(31)32-2)17-21-16-22(27)11-12-24(21)33-23-10-6-9-20(14-23)15-25(29)30/h3-12,14,16,18H,13,15,17H2,1-2H3,(H,29,30)/t18-/m0/s1. The molecule has 0 aromatic heterocycles. The van der Waals surface area contributed by atoms with E-state index in [1.807, 2.05) is 55.5 Å². The molecule has 7 heteroatoms. The Morgan fingerprint density at radius 1 is 1.00 bits per heavy atom. The van der Waals surface area contributed by atoms with Crippen LogP contribution in [-0.2, 0) is 28.9 Å². The van der Waals surface area contributed by atoms with Crippen molar-refractivity contribution in [3.63, 3.8) is 0 Å². The molecule has 33 heavy (non-hydrogen) atoms. The third kappa shape index (κ3) is 7.08. The first-order valence-corrected chi connectivity index (χ1v) is 11.3. The highest BCUT2D eigenvalue weighted by atomic mass is 79.9. The summed E-state index contributed by atoms with van der Waals surface area (Å²) in [6, 6.07) is 22.4. The summed E-state index contributed by atoms with van der Waals surface area (Å²) < 4.78 is 12.0. The van der Waals surface area contributed by atoms with Crippen LogP contribution in [0.15, 0.2) is 77.3 Å². The molecule has 3 rings (SSSR count). The van der Waals surface area contributed by atoms with Gasteiger partial charge in [0.1, 0.15) is 11.5 Å². The topological polar surface area (TPSA) is 76.1 Å². The maximum absolute atomic E-state index is 12.6. The molecule has 0 aliphatic carbocycles. The van der Waals surface area contributed by atoms with E-state index in [0.717, 1.165) is 15.6 Å². The fourth-order valence-corrected chi connectivity index (χ4v) is 3.97. The molecule has 0 spiro atoms. The van der Waals surface area contributed by atoms with Crippen molar-refractivity contribution in [2.24, 2.45) is 0 Å². The van der Waals surface area contributed by atoms with Gasteiger partial charge in [-0.1, -0.05) is 58.4 Å². The number of halogens is 1. The lowest BCUT2D eigenvalue weighted by Gasteiger charge is -2.29. The van der Waals surface area contributed by atoms with Gasteiger partial charge in [-0.2, -0.15) is 0 Å². The number of carboxylic acids is 1. The molecular formula is C26H26BrNO5. The molecule has 0 bridgehead atoms. The number of rotatable bonds is 9. The summed E-state index contributed by atoms with van der Waals surface area (Å²) in [7, 11) is 1.37. The Kier molecular flexibility index (Phi) is 8.49. The van der Waals surface area contributed by atoms with E-state index in [-0.39, 0.29) is 19.0 Å². The minimum absolute atomic E-state index is 0.0858. The van der Waals surface area contributed by atoms with Crippen molar-refractivity contribution in [1.82, 2.24) is 4.90 Å². The number of ether oxygens (including phenoxy) is 2. The Bertz CT molecular complexity index is 1100. The molecule has 0 fully saturated rings. The van der Waals surface area contributed by atoms with E-state index in [4.69, 9.17) is 14.6 Å². The molecular weight excluding hydrogens is 486 g/mol. The van der Waals surface area contributed by atoms with E-state index >= 15 is 0 Å². The van der Waals surface area contributed by atoms with E-state index in [2.05, 4.69) is 15.9 Å². The summed E-state index contributed by atoms with van der Waals surface area (Å²) >= 11 is 3.50. The summed E-state index contributed by atoms with van der Waals surface area (Å²) in [6.45, 7) is 2.27. The van der Waals surface area contributed by atoms with Crippen molar-refractivity contribution in [3.05, 3.63) is 94.0 Å². The smallest absolute Gasteiger partial charge is 0.410 e. The van der Waals surface area contributed by atoms with Crippen LogP contribution >= 0.6 is 15.9 Å². The predicted molar refractivity (Wildman–Crippen MR) is 130 cm³/mol. The quantitative estimate of drug-likeness (QED) is 0.377. The molecule has 1 N–H and O–H groups in total. The fraction of sp³-hybridized carbons (Fsp3) is 0.231. The Labute approximate surface area is 201 Å². The number of hydrogen-bond donors (Lipinski definition) is 1. The van der Waals surface area contributed by atoms with Gasteiger partial charge in [-0.3, -0.25) is 4.79 Å². The minimum atomic E-state index is -0.905. The second-order valence-corrected chi connectivity index (χ2v) is 8.62. The van der Waals surface area contributed by atoms with Crippen LogP contribution in [-0.4, -0.2) is 35.2 Å². The highest BCUT2D eigenvalue weighted by Gasteiger charge is 2.23. The van der Waals surface area contributed by atoms with Crippen LogP contribution in [0, 0.1) is 0 Å². The zero-order chi connectivity index (χ0) is 23.8. The summed E-state index contributed by atoms with van der Waals surface area (Å²) in [5.74, 6) is 0.198. The maximum Gasteiger partial charge on any atom is 0.410 e. The third-order valence-corrected chi connectivity index (χ3v) is 5.65. The third-order valence-electron chi connectivity index (χ3n) is 5.16. The number of carboxylic acid groups (broad SMARTS) is 1. The molecule has 1 amide bonds. The molecule has 6 nitrogen and oxygen atoms in total. The molecule has 172 valence electrons. The van der Waals surface area contributed by atoms with Crippen molar-refractivity contribution >= 4 is 28.0 Å². The van der Waals surface area contributed by atoms with Gasteiger partial charge in [-0.25, -0.2) is 4.79 Å². The monoisotopic (exact) mass is 511 g/mol. The van der Waals surface area contributed by atoms with Gasteiger partial charge in [0, 0.05) is 16.1 Å². The lowest BCUT2D eigenvalue weighted by Crippen LogP contribution is -2.39. The van der Waals surface area contributed by atoms with Crippen molar-refractivity contribution in [1.29, 1.82) is 0 Å². The number of nitrogens with zero attached hydrogens (tertiary/aromatic N) is 1. The number of carbonyl (C=O) groups excluding carboxylic acids is 1. The Morgan fingerprint density at radius 3 is 2.42 bits per heavy atom. The predicted octanol–water partition coefficient (Wildman–Crippen LogP) is 6.07. The highest BCUT2D eigenvalue weighted by Crippen LogP contribution is 2.30. The van der Waals surface area contributed by atoms with E-state index < -0.39 is 12.1 Å². The Hall–Kier alpha value is -3.32. The van der Waals surface area contributed by atoms with Gasteiger partial charge in [-0.05, 0) is 54.8 Å². The first-order valence-electron chi connectivity index (χ1n) is 10.5. The molecule has 0 unspecified atom stereocenters. The van der Waals surface area contributed by atoms with Crippen LogP contribution in [0.2, 0.25) is 0 Å². The van der Waals surface area contributed by atoms with Crippen LogP contribution in [0.25, 0.3) is 0 Å². The molecule has 0 saturated carbocycles. The van der Waals surface area contributed by atoms with Gasteiger partial charge < -0.3 is 19.5 Å². The molecule has 1 atom stereocenters. The average molecular weight is 512 g/mol. The largest absolute Gasteiger partial charge is 0.481 e. The van der Waals surface area contributed by atoms with E-state index in [1.165, 1.54) is 7.11 Å². The number of benzene rings is 3. The van der Waals surface area contributed by atoms with Gasteiger partial charge in [-0.15, -0.1) is 0 Å². The van der Waals surface area contributed by atoms with Crippen LogP contribution in [0.4, 0.5) is 4.79 Å². The van der Waals surface area contributed by atoms with Crippen LogP contribution in [0.3, 0.4) is 0 Å².